The molecule has 0 saturated carbocycles. The Labute approximate surface area is 120 Å². The normalized spacial score (nSPS) is 12.5. The van der Waals surface area contributed by atoms with Gasteiger partial charge in [0.1, 0.15) is 6.33 Å². The maximum Gasteiger partial charge on any atom is 0.224 e. The lowest BCUT2D eigenvalue weighted by Gasteiger charge is -2.23. The van der Waals surface area contributed by atoms with Crippen LogP contribution < -0.4 is 14.8 Å². The first kappa shape index (κ1) is 16.7. The van der Waals surface area contributed by atoms with Crippen LogP contribution in [0, 0.1) is 5.92 Å². The molecule has 0 aliphatic rings. The van der Waals surface area contributed by atoms with Crippen molar-refractivity contribution < 1.29 is 14.2 Å². The summed E-state index contributed by atoms with van der Waals surface area (Å²) in [5.41, 5.74) is 0.819. The van der Waals surface area contributed by atoms with Crippen LogP contribution in [0.1, 0.15) is 26.3 Å². The third-order valence-corrected chi connectivity index (χ3v) is 3.10. The highest BCUT2D eigenvalue weighted by Crippen LogP contribution is 2.23. The van der Waals surface area contributed by atoms with Crippen molar-refractivity contribution in [1.82, 2.24) is 15.3 Å². The van der Waals surface area contributed by atoms with Crippen molar-refractivity contribution in [3.05, 3.63) is 11.9 Å². The van der Waals surface area contributed by atoms with Gasteiger partial charge in [0.05, 0.1) is 26.4 Å². The highest BCUT2D eigenvalue weighted by Gasteiger charge is 2.17. The van der Waals surface area contributed by atoms with Crippen LogP contribution in [0.4, 0.5) is 0 Å². The fourth-order valence-corrected chi connectivity index (χ4v) is 1.85. The summed E-state index contributed by atoms with van der Waals surface area (Å²) >= 11 is 0. The van der Waals surface area contributed by atoms with E-state index in [0.29, 0.717) is 37.4 Å². The van der Waals surface area contributed by atoms with Crippen LogP contribution in [0.15, 0.2) is 6.33 Å². The Morgan fingerprint density at radius 2 is 1.75 bits per heavy atom. The van der Waals surface area contributed by atoms with Crippen molar-refractivity contribution in [2.45, 2.75) is 33.4 Å². The van der Waals surface area contributed by atoms with E-state index >= 15 is 0 Å². The first-order valence-electron chi connectivity index (χ1n) is 6.86. The number of hydrogen-bond donors (Lipinski definition) is 1. The summed E-state index contributed by atoms with van der Waals surface area (Å²) in [6.07, 6.45) is 1.43. The predicted molar refractivity (Wildman–Crippen MR) is 77.1 cm³/mol. The molecule has 0 fully saturated rings. The molecule has 1 rings (SSSR count). The van der Waals surface area contributed by atoms with Gasteiger partial charge in [-0.05, 0) is 12.8 Å². The van der Waals surface area contributed by atoms with Crippen molar-refractivity contribution in [2.75, 3.05) is 27.4 Å². The van der Waals surface area contributed by atoms with Crippen molar-refractivity contribution >= 4 is 0 Å². The average molecular weight is 283 g/mol. The molecule has 1 aromatic rings. The highest BCUT2D eigenvalue weighted by atomic mass is 16.5. The Morgan fingerprint density at radius 1 is 1.15 bits per heavy atom. The number of aromatic nitrogens is 2. The molecule has 0 spiro atoms. The molecule has 1 heterocycles. The quantitative estimate of drug-likeness (QED) is 0.743. The Morgan fingerprint density at radius 3 is 2.20 bits per heavy atom. The molecule has 6 heteroatoms. The zero-order chi connectivity index (χ0) is 15.0. The van der Waals surface area contributed by atoms with E-state index in [9.17, 15) is 0 Å². The fourth-order valence-electron chi connectivity index (χ4n) is 1.85. The second-order valence-electron chi connectivity index (χ2n) is 4.76. The summed E-state index contributed by atoms with van der Waals surface area (Å²) in [5.74, 6) is 1.52. The standard InChI is InChI=1S/C14H25N3O3/c1-6-20-8-12(10(2)3)15-7-11-13(18-4)16-9-17-14(11)19-5/h9-10,12,15H,6-8H2,1-5H3. The van der Waals surface area contributed by atoms with Gasteiger partial charge in [-0.25, -0.2) is 9.97 Å². The first-order valence-corrected chi connectivity index (χ1v) is 6.86. The van der Waals surface area contributed by atoms with Crippen LogP contribution in [0.25, 0.3) is 0 Å². The van der Waals surface area contributed by atoms with E-state index in [0.717, 1.165) is 5.56 Å². The van der Waals surface area contributed by atoms with E-state index in [-0.39, 0.29) is 6.04 Å². The van der Waals surface area contributed by atoms with Gasteiger partial charge in [0.25, 0.3) is 0 Å². The lowest BCUT2D eigenvalue weighted by molar-refractivity contribution is 0.107. The van der Waals surface area contributed by atoms with Gasteiger partial charge >= 0.3 is 0 Å². The zero-order valence-electron chi connectivity index (χ0n) is 13.0. The minimum absolute atomic E-state index is 0.254. The number of ether oxygens (including phenoxy) is 3. The van der Waals surface area contributed by atoms with E-state index < -0.39 is 0 Å². The summed E-state index contributed by atoms with van der Waals surface area (Å²) in [6, 6.07) is 0.254. The van der Waals surface area contributed by atoms with Crippen molar-refractivity contribution in [1.29, 1.82) is 0 Å². The molecule has 0 aliphatic carbocycles. The van der Waals surface area contributed by atoms with E-state index in [1.54, 1.807) is 14.2 Å². The number of methoxy groups -OCH3 is 2. The molecule has 1 unspecified atom stereocenters. The fraction of sp³-hybridized carbons (Fsp3) is 0.714. The number of hydrogen-bond acceptors (Lipinski definition) is 6. The summed E-state index contributed by atoms with van der Waals surface area (Å²) in [5, 5.41) is 3.45. The molecule has 0 amide bonds. The number of nitrogens with one attached hydrogen (secondary N) is 1. The lowest BCUT2D eigenvalue weighted by Crippen LogP contribution is -2.37. The van der Waals surface area contributed by atoms with Crippen LogP contribution in [0.3, 0.4) is 0 Å². The van der Waals surface area contributed by atoms with Gasteiger partial charge in [-0.15, -0.1) is 0 Å². The smallest absolute Gasteiger partial charge is 0.224 e. The van der Waals surface area contributed by atoms with Crippen LogP contribution >= 0.6 is 0 Å². The topological polar surface area (TPSA) is 65.5 Å². The lowest BCUT2D eigenvalue weighted by atomic mass is 10.1. The number of rotatable bonds is 9. The molecule has 114 valence electrons. The molecule has 6 nitrogen and oxygen atoms in total. The molecule has 0 saturated heterocycles. The summed E-state index contributed by atoms with van der Waals surface area (Å²) in [4.78, 5) is 8.21. The van der Waals surface area contributed by atoms with E-state index in [1.807, 2.05) is 6.92 Å². The Kier molecular flexibility index (Phi) is 7.25. The Hall–Kier alpha value is -1.40. The van der Waals surface area contributed by atoms with Gasteiger partial charge in [0, 0.05) is 19.2 Å². The SMILES string of the molecule is CCOCC(NCc1c(OC)ncnc1OC)C(C)C. The van der Waals surface area contributed by atoms with Crippen molar-refractivity contribution in [2.24, 2.45) is 5.92 Å². The number of nitrogens with zero attached hydrogens (tertiary/aromatic N) is 2. The monoisotopic (exact) mass is 283 g/mol. The molecule has 0 aromatic carbocycles. The van der Waals surface area contributed by atoms with E-state index in [2.05, 4.69) is 29.1 Å². The maximum absolute atomic E-state index is 5.50. The van der Waals surface area contributed by atoms with Crippen molar-refractivity contribution in [3.8, 4) is 11.8 Å². The molecule has 1 N–H and O–H groups in total. The van der Waals surface area contributed by atoms with Crippen molar-refractivity contribution in [3.63, 3.8) is 0 Å². The second-order valence-corrected chi connectivity index (χ2v) is 4.76. The molecular formula is C14H25N3O3. The maximum atomic E-state index is 5.50. The van der Waals surface area contributed by atoms with Gasteiger partial charge in [-0.3, -0.25) is 0 Å². The van der Waals surface area contributed by atoms with Gasteiger partial charge in [-0.1, -0.05) is 13.8 Å². The first-order chi connectivity index (χ1) is 9.63. The summed E-state index contributed by atoms with van der Waals surface area (Å²) in [6.45, 7) is 8.27. The predicted octanol–water partition coefficient (Wildman–Crippen LogP) is 1.64. The van der Waals surface area contributed by atoms with Gasteiger partial charge in [-0.2, -0.15) is 0 Å². The van der Waals surface area contributed by atoms with Gasteiger partial charge in [0.2, 0.25) is 11.8 Å². The van der Waals surface area contributed by atoms with Crippen LogP contribution in [0.5, 0.6) is 11.8 Å². The second kappa shape index (κ2) is 8.71. The minimum Gasteiger partial charge on any atom is -0.481 e. The molecule has 0 aliphatic heterocycles. The summed E-state index contributed by atoms with van der Waals surface area (Å²) in [7, 11) is 3.18. The third kappa shape index (κ3) is 4.61. The van der Waals surface area contributed by atoms with Crippen LogP contribution in [-0.4, -0.2) is 43.4 Å². The third-order valence-electron chi connectivity index (χ3n) is 3.10. The molecule has 0 radical (unpaired) electrons. The molecule has 0 bridgehead atoms. The molecule has 1 aromatic heterocycles. The molecule has 1 atom stereocenters. The molecule has 20 heavy (non-hydrogen) atoms. The highest BCUT2D eigenvalue weighted by molar-refractivity contribution is 5.34. The Bertz CT molecular complexity index is 377. The Balaban J connectivity index is 2.76. The largest absolute Gasteiger partial charge is 0.481 e. The molecular weight excluding hydrogens is 258 g/mol. The summed E-state index contributed by atoms with van der Waals surface area (Å²) < 4.78 is 16.0. The zero-order valence-corrected chi connectivity index (χ0v) is 13.0. The van der Waals surface area contributed by atoms with Gasteiger partial charge < -0.3 is 19.5 Å². The average Bonchev–Trinajstić information content (AvgIpc) is 2.46. The van der Waals surface area contributed by atoms with E-state index in [1.165, 1.54) is 6.33 Å². The van der Waals surface area contributed by atoms with Crippen LogP contribution in [0.2, 0.25) is 0 Å². The van der Waals surface area contributed by atoms with E-state index in [4.69, 9.17) is 14.2 Å². The van der Waals surface area contributed by atoms with Crippen LogP contribution in [-0.2, 0) is 11.3 Å². The minimum atomic E-state index is 0.254. The van der Waals surface area contributed by atoms with Gasteiger partial charge in [0.15, 0.2) is 0 Å².